The van der Waals surface area contributed by atoms with E-state index in [-0.39, 0.29) is 11.8 Å². The zero-order chi connectivity index (χ0) is 10.1. The first-order chi connectivity index (χ1) is 6.68. The van der Waals surface area contributed by atoms with Crippen molar-refractivity contribution in [2.75, 3.05) is 6.54 Å². The Balaban J connectivity index is 2.40. The van der Waals surface area contributed by atoms with Gasteiger partial charge in [-0.2, -0.15) is 0 Å². The quantitative estimate of drug-likeness (QED) is 0.825. The molecule has 1 aliphatic rings. The summed E-state index contributed by atoms with van der Waals surface area (Å²) >= 11 is 9.26. The second-order valence-electron chi connectivity index (χ2n) is 3.47. The summed E-state index contributed by atoms with van der Waals surface area (Å²) in [5.74, 6) is 0.203. The van der Waals surface area contributed by atoms with E-state index in [2.05, 4.69) is 21.2 Å². The lowest BCUT2D eigenvalue weighted by atomic mass is 10.0. The number of phenolic OH excluding ortho intramolecular Hbond substituents is 1. The van der Waals surface area contributed by atoms with Crippen LogP contribution < -0.4 is 5.32 Å². The molecule has 0 unspecified atom stereocenters. The lowest BCUT2D eigenvalue weighted by Crippen LogP contribution is -2.13. The largest absolute Gasteiger partial charge is 0.506 e. The van der Waals surface area contributed by atoms with Crippen molar-refractivity contribution in [3.63, 3.8) is 0 Å². The van der Waals surface area contributed by atoms with Crippen LogP contribution in [0, 0.1) is 0 Å². The molecule has 2 rings (SSSR count). The van der Waals surface area contributed by atoms with E-state index in [0.29, 0.717) is 5.02 Å². The van der Waals surface area contributed by atoms with E-state index in [1.54, 1.807) is 6.07 Å². The van der Waals surface area contributed by atoms with Gasteiger partial charge in [-0.3, -0.25) is 0 Å². The number of hydrogen-bond donors (Lipinski definition) is 2. The lowest BCUT2D eigenvalue weighted by Gasteiger charge is -2.13. The van der Waals surface area contributed by atoms with Gasteiger partial charge in [-0.15, -0.1) is 0 Å². The summed E-state index contributed by atoms with van der Waals surface area (Å²) in [5, 5.41) is 13.5. The van der Waals surface area contributed by atoms with Gasteiger partial charge in [0.05, 0.1) is 5.02 Å². The normalized spacial score (nSPS) is 21.4. The molecule has 2 N–H and O–H groups in total. The van der Waals surface area contributed by atoms with Crippen LogP contribution >= 0.6 is 27.5 Å². The first-order valence-electron chi connectivity index (χ1n) is 4.60. The Morgan fingerprint density at radius 3 is 2.93 bits per heavy atom. The average molecular weight is 277 g/mol. The molecule has 1 aromatic carbocycles. The molecule has 0 saturated carbocycles. The molecule has 0 aliphatic carbocycles. The Labute approximate surface area is 96.4 Å². The van der Waals surface area contributed by atoms with Gasteiger partial charge in [-0.1, -0.05) is 27.5 Å². The van der Waals surface area contributed by atoms with Gasteiger partial charge in [0.1, 0.15) is 5.75 Å². The highest BCUT2D eigenvalue weighted by molar-refractivity contribution is 9.10. The van der Waals surface area contributed by atoms with Crippen LogP contribution in [0.1, 0.15) is 24.4 Å². The standard InChI is InChI=1S/C10H11BrClNO/c11-6-4-7(9-2-1-3-13-9)10(14)8(12)5-6/h4-5,9,13-14H,1-3H2/t9-/m1/s1. The maximum absolute atomic E-state index is 9.79. The highest BCUT2D eigenvalue weighted by atomic mass is 79.9. The van der Waals surface area contributed by atoms with Crippen molar-refractivity contribution in [3.8, 4) is 5.75 Å². The van der Waals surface area contributed by atoms with Crippen LogP contribution in [0.4, 0.5) is 0 Å². The molecular formula is C10H11BrClNO. The summed E-state index contributed by atoms with van der Waals surface area (Å²) in [5.41, 5.74) is 0.891. The monoisotopic (exact) mass is 275 g/mol. The highest BCUT2D eigenvalue weighted by Gasteiger charge is 2.20. The molecule has 0 amide bonds. The zero-order valence-corrected chi connectivity index (χ0v) is 9.90. The Kier molecular flexibility index (Phi) is 3.00. The predicted octanol–water partition coefficient (Wildman–Crippen LogP) is 3.23. The fraction of sp³-hybridized carbons (Fsp3) is 0.400. The average Bonchev–Trinajstić information content (AvgIpc) is 2.63. The van der Waals surface area contributed by atoms with Gasteiger partial charge in [0.2, 0.25) is 0 Å². The number of rotatable bonds is 1. The first kappa shape index (κ1) is 10.3. The first-order valence-corrected chi connectivity index (χ1v) is 5.77. The Morgan fingerprint density at radius 1 is 1.50 bits per heavy atom. The number of hydrogen-bond acceptors (Lipinski definition) is 2. The predicted molar refractivity (Wildman–Crippen MR) is 60.8 cm³/mol. The van der Waals surface area contributed by atoms with Crippen LogP contribution in [-0.4, -0.2) is 11.7 Å². The molecule has 0 bridgehead atoms. The van der Waals surface area contributed by atoms with Crippen molar-refractivity contribution >= 4 is 27.5 Å². The summed E-state index contributed by atoms with van der Waals surface area (Å²) < 4.78 is 0.906. The van der Waals surface area contributed by atoms with Gasteiger partial charge < -0.3 is 10.4 Å². The second kappa shape index (κ2) is 4.09. The molecule has 1 saturated heterocycles. The van der Waals surface area contributed by atoms with Crippen molar-refractivity contribution in [2.24, 2.45) is 0 Å². The zero-order valence-electron chi connectivity index (χ0n) is 7.56. The van der Waals surface area contributed by atoms with Crippen LogP contribution in [0.25, 0.3) is 0 Å². The number of phenols is 1. The topological polar surface area (TPSA) is 32.3 Å². The molecular weight excluding hydrogens is 265 g/mol. The molecule has 0 aromatic heterocycles. The molecule has 2 nitrogen and oxygen atoms in total. The van der Waals surface area contributed by atoms with Gasteiger partial charge in [0.15, 0.2) is 0 Å². The minimum atomic E-state index is 0.203. The SMILES string of the molecule is Oc1c(Cl)cc(Br)cc1[C@H]1CCCN1. The van der Waals surface area contributed by atoms with Crippen LogP contribution in [0.3, 0.4) is 0 Å². The van der Waals surface area contributed by atoms with Crippen LogP contribution in [0.2, 0.25) is 5.02 Å². The van der Waals surface area contributed by atoms with Crippen LogP contribution in [-0.2, 0) is 0 Å². The minimum absolute atomic E-state index is 0.203. The fourth-order valence-corrected chi connectivity index (χ4v) is 2.64. The van der Waals surface area contributed by atoms with Crippen molar-refractivity contribution in [2.45, 2.75) is 18.9 Å². The Hall–Kier alpha value is -0.250. The van der Waals surface area contributed by atoms with E-state index < -0.39 is 0 Å². The van der Waals surface area contributed by atoms with Crippen LogP contribution in [0.15, 0.2) is 16.6 Å². The third kappa shape index (κ3) is 1.90. The summed E-state index contributed by atoms with van der Waals surface area (Å²) in [6.45, 7) is 1.01. The molecule has 76 valence electrons. The van der Waals surface area contributed by atoms with Crippen molar-refractivity contribution < 1.29 is 5.11 Å². The number of halogens is 2. The maximum atomic E-state index is 9.79. The molecule has 0 radical (unpaired) electrons. The summed E-state index contributed by atoms with van der Waals surface area (Å²) in [4.78, 5) is 0. The van der Waals surface area contributed by atoms with Gasteiger partial charge in [0.25, 0.3) is 0 Å². The molecule has 4 heteroatoms. The Morgan fingerprint density at radius 2 is 2.29 bits per heavy atom. The van der Waals surface area contributed by atoms with Crippen LogP contribution in [0.5, 0.6) is 5.75 Å². The molecule has 1 aliphatic heterocycles. The summed E-state index contributed by atoms with van der Waals surface area (Å²) in [7, 11) is 0. The van der Waals surface area contributed by atoms with Crippen molar-refractivity contribution in [3.05, 3.63) is 27.2 Å². The van der Waals surface area contributed by atoms with E-state index in [1.165, 1.54) is 0 Å². The smallest absolute Gasteiger partial charge is 0.139 e. The van der Waals surface area contributed by atoms with E-state index in [9.17, 15) is 5.11 Å². The number of benzene rings is 1. The third-order valence-corrected chi connectivity index (χ3v) is 3.24. The third-order valence-electron chi connectivity index (χ3n) is 2.49. The summed E-state index contributed by atoms with van der Waals surface area (Å²) in [6, 6.07) is 3.87. The molecule has 0 spiro atoms. The summed E-state index contributed by atoms with van der Waals surface area (Å²) in [6.07, 6.45) is 2.20. The number of aromatic hydroxyl groups is 1. The van der Waals surface area contributed by atoms with Gasteiger partial charge in [-0.25, -0.2) is 0 Å². The van der Waals surface area contributed by atoms with E-state index in [4.69, 9.17) is 11.6 Å². The maximum Gasteiger partial charge on any atom is 0.139 e. The number of nitrogens with one attached hydrogen (secondary N) is 1. The van der Waals surface area contributed by atoms with Crippen molar-refractivity contribution in [1.82, 2.24) is 5.32 Å². The second-order valence-corrected chi connectivity index (χ2v) is 4.80. The lowest BCUT2D eigenvalue weighted by molar-refractivity contribution is 0.457. The molecule has 1 aromatic rings. The minimum Gasteiger partial charge on any atom is -0.506 e. The van der Waals surface area contributed by atoms with E-state index in [1.807, 2.05) is 6.07 Å². The molecule has 1 atom stereocenters. The fourth-order valence-electron chi connectivity index (χ4n) is 1.80. The van der Waals surface area contributed by atoms with Gasteiger partial charge in [0, 0.05) is 16.1 Å². The van der Waals surface area contributed by atoms with Gasteiger partial charge in [-0.05, 0) is 31.5 Å². The molecule has 14 heavy (non-hydrogen) atoms. The van der Waals surface area contributed by atoms with E-state index in [0.717, 1.165) is 29.4 Å². The van der Waals surface area contributed by atoms with E-state index >= 15 is 0 Å². The van der Waals surface area contributed by atoms with Crippen molar-refractivity contribution in [1.29, 1.82) is 0 Å². The Bertz CT molecular complexity index is 350. The molecule has 1 heterocycles. The highest BCUT2D eigenvalue weighted by Crippen LogP contribution is 2.37. The van der Waals surface area contributed by atoms with Gasteiger partial charge >= 0.3 is 0 Å². The molecule has 1 fully saturated rings.